The molecule has 1 aromatic rings. The topological polar surface area (TPSA) is 49.3 Å². The average molecular weight is 382 g/mol. The Morgan fingerprint density at radius 3 is 2.39 bits per heavy atom. The van der Waals surface area contributed by atoms with Crippen molar-refractivity contribution in [2.24, 2.45) is 4.99 Å². The minimum atomic E-state index is 0. The van der Waals surface area contributed by atoms with E-state index in [4.69, 9.17) is 0 Å². The molecular weight excluding hydrogens is 359 g/mol. The van der Waals surface area contributed by atoms with Gasteiger partial charge in [0.2, 0.25) is 0 Å². The van der Waals surface area contributed by atoms with Gasteiger partial charge in [0.1, 0.15) is 5.01 Å². The Labute approximate surface area is 131 Å². The molecule has 1 aromatic heterocycles. The molecule has 1 heterocycles. The number of thiazole rings is 1. The first-order valence-corrected chi connectivity index (χ1v) is 7.01. The molecule has 4 nitrogen and oxygen atoms in total. The molecule has 0 aromatic carbocycles. The highest BCUT2D eigenvalue weighted by Crippen LogP contribution is 2.18. The van der Waals surface area contributed by atoms with Gasteiger partial charge in [-0.2, -0.15) is 0 Å². The van der Waals surface area contributed by atoms with E-state index in [1.54, 1.807) is 11.3 Å². The lowest BCUT2D eigenvalue weighted by Gasteiger charge is -2.08. The van der Waals surface area contributed by atoms with Crippen LogP contribution in [0.4, 0.5) is 0 Å². The molecule has 0 radical (unpaired) electrons. The van der Waals surface area contributed by atoms with E-state index >= 15 is 0 Å². The molecule has 0 aliphatic rings. The lowest BCUT2D eigenvalue weighted by atomic mass is 10.2. The molecule has 6 heteroatoms. The maximum atomic E-state index is 4.56. The highest BCUT2D eigenvalue weighted by atomic mass is 127. The zero-order valence-corrected chi connectivity index (χ0v) is 14.6. The van der Waals surface area contributed by atoms with E-state index in [0.717, 1.165) is 29.8 Å². The van der Waals surface area contributed by atoms with Gasteiger partial charge in [-0.1, -0.05) is 13.8 Å². The van der Waals surface area contributed by atoms with Gasteiger partial charge in [0.25, 0.3) is 0 Å². The van der Waals surface area contributed by atoms with Crippen molar-refractivity contribution >= 4 is 41.3 Å². The van der Waals surface area contributed by atoms with Crippen LogP contribution in [0.5, 0.6) is 0 Å². The SMILES string of the molecule is CCNC(=NCc1nc(C(C)C)cs1)NCC.I. The molecule has 1 rings (SSSR count). The van der Waals surface area contributed by atoms with Gasteiger partial charge < -0.3 is 10.6 Å². The van der Waals surface area contributed by atoms with Gasteiger partial charge >= 0.3 is 0 Å². The van der Waals surface area contributed by atoms with E-state index in [2.05, 4.69) is 53.7 Å². The van der Waals surface area contributed by atoms with Crippen molar-refractivity contribution in [2.45, 2.75) is 40.2 Å². The number of nitrogens with zero attached hydrogens (tertiary/aromatic N) is 2. The molecule has 0 spiro atoms. The Bertz CT molecular complexity index is 355. The highest BCUT2D eigenvalue weighted by Gasteiger charge is 2.05. The van der Waals surface area contributed by atoms with Gasteiger partial charge in [0.05, 0.1) is 12.2 Å². The van der Waals surface area contributed by atoms with Gasteiger partial charge in [-0.15, -0.1) is 35.3 Å². The first-order chi connectivity index (χ1) is 8.17. The summed E-state index contributed by atoms with van der Waals surface area (Å²) >= 11 is 1.68. The fraction of sp³-hybridized carbons (Fsp3) is 0.667. The largest absolute Gasteiger partial charge is 0.357 e. The van der Waals surface area contributed by atoms with Crippen LogP contribution in [0.3, 0.4) is 0 Å². The Morgan fingerprint density at radius 2 is 1.94 bits per heavy atom. The van der Waals surface area contributed by atoms with Crippen LogP contribution in [0.1, 0.15) is 44.3 Å². The number of aliphatic imine (C=N–C) groups is 1. The Balaban J connectivity index is 0.00000289. The third kappa shape index (κ3) is 5.99. The third-order valence-electron chi connectivity index (χ3n) is 2.22. The molecule has 18 heavy (non-hydrogen) atoms. The van der Waals surface area contributed by atoms with Gasteiger partial charge in [0, 0.05) is 18.5 Å². The monoisotopic (exact) mass is 382 g/mol. The normalized spacial score (nSPS) is 9.83. The molecule has 0 saturated carbocycles. The summed E-state index contributed by atoms with van der Waals surface area (Å²) in [5.74, 6) is 1.35. The van der Waals surface area contributed by atoms with Gasteiger partial charge in [-0.25, -0.2) is 9.98 Å². The van der Waals surface area contributed by atoms with Crippen molar-refractivity contribution in [3.63, 3.8) is 0 Å². The zero-order chi connectivity index (χ0) is 12.7. The van der Waals surface area contributed by atoms with Crippen molar-refractivity contribution in [1.29, 1.82) is 0 Å². The van der Waals surface area contributed by atoms with E-state index in [1.807, 2.05) is 0 Å². The predicted molar refractivity (Wildman–Crippen MR) is 90.1 cm³/mol. The van der Waals surface area contributed by atoms with Crippen LogP contribution in [0.15, 0.2) is 10.4 Å². The second-order valence-corrected chi connectivity index (χ2v) is 4.99. The quantitative estimate of drug-likeness (QED) is 0.468. The van der Waals surface area contributed by atoms with Crippen LogP contribution in [-0.4, -0.2) is 24.0 Å². The van der Waals surface area contributed by atoms with Gasteiger partial charge in [0.15, 0.2) is 5.96 Å². The molecule has 104 valence electrons. The van der Waals surface area contributed by atoms with Gasteiger partial charge in [-0.3, -0.25) is 0 Å². The lowest BCUT2D eigenvalue weighted by Crippen LogP contribution is -2.36. The van der Waals surface area contributed by atoms with Crippen LogP contribution < -0.4 is 10.6 Å². The van der Waals surface area contributed by atoms with E-state index < -0.39 is 0 Å². The molecule has 0 bridgehead atoms. The number of aromatic nitrogens is 1. The minimum Gasteiger partial charge on any atom is -0.357 e. The van der Waals surface area contributed by atoms with Crippen molar-refractivity contribution in [2.75, 3.05) is 13.1 Å². The molecule has 0 fully saturated rings. The van der Waals surface area contributed by atoms with E-state index in [9.17, 15) is 0 Å². The number of rotatable bonds is 5. The lowest BCUT2D eigenvalue weighted by molar-refractivity contribution is 0.813. The average Bonchev–Trinajstić information content (AvgIpc) is 2.75. The maximum Gasteiger partial charge on any atom is 0.191 e. The molecular formula is C12H23IN4S. The summed E-state index contributed by atoms with van der Waals surface area (Å²) in [6.07, 6.45) is 0. The van der Waals surface area contributed by atoms with Crippen LogP contribution in [0.2, 0.25) is 0 Å². The predicted octanol–water partition coefficient (Wildman–Crippen LogP) is 2.96. The Morgan fingerprint density at radius 1 is 1.33 bits per heavy atom. The van der Waals surface area contributed by atoms with E-state index in [1.165, 1.54) is 0 Å². The molecule has 0 amide bonds. The number of halogens is 1. The number of hydrogen-bond donors (Lipinski definition) is 2. The van der Waals surface area contributed by atoms with E-state index in [-0.39, 0.29) is 24.0 Å². The number of guanidine groups is 1. The molecule has 0 unspecified atom stereocenters. The highest BCUT2D eigenvalue weighted by molar-refractivity contribution is 14.0. The van der Waals surface area contributed by atoms with Crippen molar-refractivity contribution < 1.29 is 0 Å². The summed E-state index contributed by atoms with van der Waals surface area (Å²) in [5.41, 5.74) is 1.16. The van der Waals surface area contributed by atoms with Crippen LogP contribution in [0, 0.1) is 0 Å². The fourth-order valence-electron chi connectivity index (χ4n) is 1.32. The second kappa shape index (κ2) is 9.55. The standard InChI is InChI=1S/C12H22N4S.HI/c1-5-13-12(14-6-2)15-7-11-16-10(8-17-11)9(3)4;/h8-9H,5-7H2,1-4H3,(H2,13,14,15);1H. The third-order valence-corrected chi connectivity index (χ3v) is 3.07. The number of nitrogens with one attached hydrogen (secondary N) is 2. The Hall–Kier alpha value is -0.370. The smallest absolute Gasteiger partial charge is 0.191 e. The van der Waals surface area contributed by atoms with Crippen molar-refractivity contribution in [3.8, 4) is 0 Å². The minimum absolute atomic E-state index is 0. The fourth-order valence-corrected chi connectivity index (χ4v) is 2.20. The zero-order valence-electron chi connectivity index (χ0n) is 11.5. The Kier molecular flexibility index (Phi) is 9.35. The summed E-state index contributed by atoms with van der Waals surface area (Å²) in [5, 5.41) is 9.59. The second-order valence-electron chi connectivity index (χ2n) is 4.05. The molecule has 0 aliphatic heterocycles. The first-order valence-electron chi connectivity index (χ1n) is 6.13. The summed E-state index contributed by atoms with van der Waals surface area (Å²) in [6.45, 7) is 10.8. The van der Waals surface area contributed by atoms with Crippen LogP contribution in [0.25, 0.3) is 0 Å². The first kappa shape index (κ1) is 17.6. The molecule has 0 saturated heterocycles. The van der Waals surface area contributed by atoms with E-state index in [0.29, 0.717) is 12.5 Å². The summed E-state index contributed by atoms with van der Waals surface area (Å²) in [6, 6.07) is 0. The molecule has 0 aliphatic carbocycles. The number of hydrogen-bond acceptors (Lipinski definition) is 3. The van der Waals surface area contributed by atoms with Gasteiger partial charge in [-0.05, 0) is 19.8 Å². The van der Waals surface area contributed by atoms with Crippen LogP contribution >= 0.6 is 35.3 Å². The summed E-state index contributed by atoms with van der Waals surface area (Å²) in [7, 11) is 0. The maximum absolute atomic E-state index is 4.56. The molecule has 0 atom stereocenters. The molecule has 2 N–H and O–H groups in total. The summed E-state index contributed by atoms with van der Waals surface area (Å²) in [4.78, 5) is 9.05. The van der Waals surface area contributed by atoms with Crippen molar-refractivity contribution in [3.05, 3.63) is 16.1 Å². The summed E-state index contributed by atoms with van der Waals surface area (Å²) < 4.78 is 0. The van der Waals surface area contributed by atoms with Crippen molar-refractivity contribution in [1.82, 2.24) is 15.6 Å². The van der Waals surface area contributed by atoms with Crippen LogP contribution in [-0.2, 0) is 6.54 Å².